The molecule has 0 aliphatic carbocycles. The van der Waals surface area contributed by atoms with Crippen LogP contribution in [0.5, 0.6) is 0 Å². The number of hydrogen-bond acceptors (Lipinski definition) is 5. The molecule has 1 N–H and O–H groups in total. The maximum atomic E-state index is 13.6. The first-order chi connectivity index (χ1) is 12.4. The van der Waals surface area contributed by atoms with Crippen LogP contribution in [0.2, 0.25) is 0 Å². The van der Waals surface area contributed by atoms with Gasteiger partial charge >= 0.3 is 5.97 Å². The third kappa shape index (κ3) is 3.32. The van der Waals surface area contributed by atoms with Crippen LogP contribution < -0.4 is 5.32 Å². The molecular formula is C18H18FN3O3S. The number of anilines is 1. The van der Waals surface area contributed by atoms with E-state index in [1.165, 1.54) is 34.1 Å². The van der Waals surface area contributed by atoms with Crippen molar-refractivity contribution in [3.05, 3.63) is 52.0 Å². The number of carbonyl (C=O) groups excluding carboxylic acids is 2. The predicted molar refractivity (Wildman–Crippen MR) is 97.5 cm³/mol. The zero-order valence-electron chi connectivity index (χ0n) is 14.6. The fraction of sp³-hybridized carbons (Fsp3) is 0.278. The number of thiophene rings is 1. The Labute approximate surface area is 153 Å². The van der Waals surface area contributed by atoms with Gasteiger partial charge in [-0.2, -0.15) is 0 Å². The number of nitrogens with zero attached hydrogens (tertiary/aromatic N) is 2. The number of aryl methyl sites for hydroxylation is 2. The third-order valence-corrected chi connectivity index (χ3v) is 5.02. The highest BCUT2D eigenvalue weighted by atomic mass is 32.1. The van der Waals surface area contributed by atoms with E-state index in [1.54, 1.807) is 19.9 Å². The molecule has 136 valence electrons. The van der Waals surface area contributed by atoms with Crippen LogP contribution in [0.15, 0.2) is 24.4 Å². The number of fused-ring (bicyclic) bond motifs is 1. The van der Waals surface area contributed by atoms with E-state index in [-0.39, 0.29) is 12.3 Å². The fourth-order valence-corrected chi connectivity index (χ4v) is 3.62. The summed E-state index contributed by atoms with van der Waals surface area (Å²) in [6.45, 7) is 5.61. The van der Waals surface area contributed by atoms with Crippen LogP contribution in [0.4, 0.5) is 9.39 Å². The molecule has 0 spiro atoms. The van der Waals surface area contributed by atoms with E-state index in [0.717, 1.165) is 11.3 Å². The highest BCUT2D eigenvalue weighted by Gasteiger charge is 2.22. The van der Waals surface area contributed by atoms with E-state index in [4.69, 9.17) is 4.74 Å². The van der Waals surface area contributed by atoms with Gasteiger partial charge in [0.05, 0.1) is 17.9 Å². The van der Waals surface area contributed by atoms with Gasteiger partial charge in [0.2, 0.25) is 0 Å². The van der Waals surface area contributed by atoms with E-state index in [9.17, 15) is 14.0 Å². The molecule has 0 aliphatic heterocycles. The van der Waals surface area contributed by atoms with Gasteiger partial charge in [-0.15, -0.1) is 11.3 Å². The maximum Gasteiger partial charge on any atom is 0.341 e. The highest BCUT2D eigenvalue weighted by Crippen LogP contribution is 2.30. The van der Waals surface area contributed by atoms with Crippen molar-refractivity contribution in [1.29, 1.82) is 0 Å². The average Bonchev–Trinajstić information content (AvgIpc) is 3.14. The van der Waals surface area contributed by atoms with Gasteiger partial charge in [-0.25, -0.2) is 14.2 Å². The lowest BCUT2D eigenvalue weighted by Crippen LogP contribution is -2.17. The number of hydrogen-bond donors (Lipinski definition) is 1. The Balaban J connectivity index is 1.98. The minimum absolute atomic E-state index is 0.223. The zero-order chi connectivity index (χ0) is 18.8. The van der Waals surface area contributed by atoms with Gasteiger partial charge in [-0.3, -0.25) is 9.20 Å². The van der Waals surface area contributed by atoms with Crippen LogP contribution in [0.25, 0.3) is 5.65 Å². The molecule has 0 saturated carbocycles. The predicted octanol–water partition coefficient (Wildman–Crippen LogP) is 3.83. The molecule has 0 radical (unpaired) electrons. The molecule has 6 nitrogen and oxygen atoms in total. The Morgan fingerprint density at radius 1 is 1.35 bits per heavy atom. The third-order valence-electron chi connectivity index (χ3n) is 3.83. The smallest absolute Gasteiger partial charge is 0.341 e. The van der Waals surface area contributed by atoms with Gasteiger partial charge in [0, 0.05) is 11.1 Å². The van der Waals surface area contributed by atoms with E-state index in [0.29, 0.717) is 21.9 Å². The van der Waals surface area contributed by atoms with Gasteiger partial charge in [0.25, 0.3) is 5.91 Å². The number of pyridine rings is 1. The van der Waals surface area contributed by atoms with Gasteiger partial charge < -0.3 is 10.1 Å². The van der Waals surface area contributed by atoms with Crippen molar-refractivity contribution >= 4 is 33.9 Å². The molecule has 3 heterocycles. The quantitative estimate of drug-likeness (QED) is 0.688. The molecule has 0 bridgehead atoms. The molecule has 0 fully saturated rings. The molecule has 3 rings (SSSR count). The second-order valence-corrected chi connectivity index (χ2v) is 6.74. The van der Waals surface area contributed by atoms with Crippen LogP contribution in [0, 0.1) is 12.7 Å². The molecule has 0 atom stereocenters. The number of carbonyl (C=O) groups is 2. The Morgan fingerprint density at radius 2 is 2.12 bits per heavy atom. The molecule has 3 aromatic rings. The standard InChI is InChI=1S/C18H18FN3O3S/c1-4-12-8-13(18(24)25-5-2)17(26-12)21-16(23)15-10(3)20-14-7-6-11(19)9-22(14)15/h6-9H,4-5H2,1-3H3,(H,21,23). The van der Waals surface area contributed by atoms with E-state index >= 15 is 0 Å². The van der Waals surface area contributed by atoms with Crippen molar-refractivity contribution in [2.45, 2.75) is 27.2 Å². The summed E-state index contributed by atoms with van der Waals surface area (Å²) in [5.41, 5.74) is 1.48. The topological polar surface area (TPSA) is 72.7 Å². The van der Waals surface area contributed by atoms with Crippen molar-refractivity contribution in [1.82, 2.24) is 9.38 Å². The average molecular weight is 375 g/mol. The molecule has 1 amide bonds. The number of esters is 1. The summed E-state index contributed by atoms with van der Waals surface area (Å²) in [6.07, 6.45) is 1.94. The van der Waals surface area contributed by atoms with Gasteiger partial charge in [-0.1, -0.05) is 6.92 Å². The van der Waals surface area contributed by atoms with E-state index in [1.807, 2.05) is 6.92 Å². The monoisotopic (exact) mass is 375 g/mol. The van der Waals surface area contributed by atoms with Crippen molar-refractivity contribution in [3.8, 4) is 0 Å². The molecule has 3 aromatic heterocycles. The minimum Gasteiger partial charge on any atom is -0.462 e. The summed E-state index contributed by atoms with van der Waals surface area (Å²) in [5, 5.41) is 3.17. The number of imidazole rings is 1. The van der Waals surface area contributed by atoms with Gasteiger partial charge in [-0.05, 0) is 38.5 Å². The Bertz CT molecular complexity index is 993. The van der Waals surface area contributed by atoms with Gasteiger partial charge in [0.15, 0.2) is 0 Å². The first kappa shape index (κ1) is 18.1. The summed E-state index contributed by atoms with van der Waals surface area (Å²) in [4.78, 5) is 30.2. The Morgan fingerprint density at radius 3 is 2.81 bits per heavy atom. The molecular weight excluding hydrogens is 357 g/mol. The van der Waals surface area contributed by atoms with Gasteiger partial charge in [0.1, 0.15) is 22.2 Å². The molecule has 0 aromatic carbocycles. The Kier molecular flexibility index (Phi) is 5.03. The van der Waals surface area contributed by atoms with Crippen molar-refractivity contribution in [2.24, 2.45) is 0 Å². The van der Waals surface area contributed by atoms with Crippen LogP contribution in [0.1, 0.15) is 45.3 Å². The summed E-state index contributed by atoms with van der Waals surface area (Å²) < 4.78 is 20.0. The number of aromatic nitrogens is 2. The summed E-state index contributed by atoms with van der Waals surface area (Å²) in [7, 11) is 0. The lowest BCUT2D eigenvalue weighted by molar-refractivity contribution is 0.0528. The van der Waals surface area contributed by atoms with Crippen LogP contribution in [0.3, 0.4) is 0 Å². The first-order valence-corrected chi connectivity index (χ1v) is 9.01. The number of nitrogens with one attached hydrogen (secondary N) is 1. The molecule has 0 aliphatic rings. The Hall–Kier alpha value is -2.74. The van der Waals surface area contributed by atoms with Crippen molar-refractivity contribution in [2.75, 3.05) is 11.9 Å². The van der Waals surface area contributed by atoms with Crippen LogP contribution >= 0.6 is 11.3 Å². The second-order valence-electron chi connectivity index (χ2n) is 5.60. The van der Waals surface area contributed by atoms with Crippen LogP contribution in [-0.2, 0) is 11.2 Å². The van der Waals surface area contributed by atoms with E-state index in [2.05, 4.69) is 10.3 Å². The number of halogens is 1. The first-order valence-electron chi connectivity index (χ1n) is 8.20. The molecule has 0 saturated heterocycles. The number of rotatable bonds is 5. The zero-order valence-corrected chi connectivity index (χ0v) is 15.4. The number of amides is 1. The van der Waals surface area contributed by atoms with Crippen molar-refractivity contribution < 1.29 is 18.7 Å². The second kappa shape index (κ2) is 7.25. The summed E-state index contributed by atoms with van der Waals surface area (Å²) in [5.74, 6) is -1.42. The lowest BCUT2D eigenvalue weighted by atomic mass is 10.2. The normalized spacial score (nSPS) is 10.9. The fourth-order valence-electron chi connectivity index (χ4n) is 2.64. The minimum atomic E-state index is -0.486. The lowest BCUT2D eigenvalue weighted by Gasteiger charge is -2.07. The molecule has 8 heteroatoms. The highest BCUT2D eigenvalue weighted by molar-refractivity contribution is 7.16. The largest absolute Gasteiger partial charge is 0.462 e. The summed E-state index contributed by atoms with van der Waals surface area (Å²) in [6, 6.07) is 4.51. The molecule has 0 unspecified atom stereocenters. The summed E-state index contributed by atoms with van der Waals surface area (Å²) >= 11 is 1.32. The molecule has 26 heavy (non-hydrogen) atoms. The number of ether oxygens (including phenoxy) is 1. The SMILES string of the molecule is CCOC(=O)c1cc(CC)sc1NC(=O)c1c(C)nc2ccc(F)cn12. The van der Waals surface area contributed by atoms with Crippen LogP contribution in [-0.4, -0.2) is 27.9 Å². The van der Waals surface area contributed by atoms with E-state index < -0.39 is 17.7 Å². The van der Waals surface area contributed by atoms with Crippen molar-refractivity contribution in [3.63, 3.8) is 0 Å². The maximum absolute atomic E-state index is 13.6.